The van der Waals surface area contributed by atoms with E-state index < -0.39 is 24.3 Å². The number of aliphatic carboxylic acids is 1. The van der Waals surface area contributed by atoms with Crippen LogP contribution in [-0.4, -0.2) is 30.7 Å². The maximum atomic E-state index is 13.2. The van der Waals surface area contributed by atoms with Crippen LogP contribution in [0.1, 0.15) is 11.5 Å². The summed E-state index contributed by atoms with van der Waals surface area (Å²) in [6, 6.07) is 4.20. The molecule has 0 aromatic carbocycles. The minimum absolute atomic E-state index is 0.115. The van der Waals surface area contributed by atoms with Gasteiger partial charge in [0.05, 0.1) is 10.6 Å². The smallest absolute Gasteiger partial charge is 0.433 e. The highest BCUT2D eigenvalue weighted by Gasteiger charge is 2.35. The number of halogens is 3. The molecule has 10 heteroatoms. The van der Waals surface area contributed by atoms with E-state index in [0.29, 0.717) is 9.39 Å². The number of alkyl halides is 3. The van der Waals surface area contributed by atoms with Crippen molar-refractivity contribution in [2.45, 2.75) is 12.6 Å². The van der Waals surface area contributed by atoms with Gasteiger partial charge in [0.2, 0.25) is 0 Å². The molecule has 0 aliphatic carbocycles. The summed E-state index contributed by atoms with van der Waals surface area (Å²) >= 11 is 1.24. The van der Waals surface area contributed by atoms with Gasteiger partial charge in [0.1, 0.15) is 6.42 Å². The number of nitrogens with zero attached hydrogens (tertiary/aromatic N) is 4. The zero-order valence-electron chi connectivity index (χ0n) is 10.7. The van der Waals surface area contributed by atoms with Crippen molar-refractivity contribution in [3.05, 3.63) is 35.1 Å². The minimum atomic E-state index is -4.67. The van der Waals surface area contributed by atoms with Crippen LogP contribution in [0.15, 0.2) is 23.6 Å². The molecule has 3 rings (SSSR count). The monoisotopic (exact) mass is 328 g/mol. The van der Waals surface area contributed by atoms with Gasteiger partial charge in [-0.25, -0.2) is 4.98 Å². The lowest BCUT2D eigenvalue weighted by Gasteiger charge is -2.09. The Kier molecular flexibility index (Phi) is 3.32. The third-order valence-electron chi connectivity index (χ3n) is 2.73. The SMILES string of the molecule is O=C(O)Cc1nc2nc(-c3cccs3)cc(C(F)(F)F)n2n1. The first-order valence-corrected chi connectivity index (χ1v) is 6.82. The van der Waals surface area contributed by atoms with Crippen LogP contribution in [0.2, 0.25) is 0 Å². The summed E-state index contributed by atoms with van der Waals surface area (Å²) in [6.07, 6.45) is -5.24. The Morgan fingerprint density at radius 2 is 2.14 bits per heavy atom. The Hall–Kier alpha value is -2.49. The number of rotatable bonds is 3. The van der Waals surface area contributed by atoms with Crippen LogP contribution in [0, 0.1) is 0 Å². The van der Waals surface area contributed by atoms with Gasteiger partial charge in [-0.05, 0) is 17.5 Å². The molecular weight excluding hydrogens is 321 g/mol. The van der Waals surface area contributed by atoms with Crippen LogP contribution >= 0.6 is 11.3 Å². The molecule has 3 heterocycles. The summed E-state index contributed by atoms with van der Waals surface area (Å²) in [5, 5.41) is 14.0. The molecule has 3 aromatic rings. The van der Waals surface area contributed by atoms with E-state index in [9.17, 15) is 18.0 Å². The van der Waals surface area contributed by atoms with E-state index in [1.807, 2.05) is 0 Å². The summed E-state index contributed by atoms with van der Waals surface area (Å²) < 4.78 is 40.1. The third-order valence-corrected chi connectivity index (χ3v) is 3.62. The molecule has 0 aliphatic rings. The number of carboxylic acids is 1. The standard InChI is InChI=1S/C12H7F3N4O2S/c13-12(14,15)8-4-6(7-2-1-3-22-7)16-11-17-9(5-10(20)21)18-19(8)11/h1-4H,5H2,(H,20,21). The Morgan fingerprint density at radius 1 is 1.36 bits per heavy atom. The summed E-state index contributed by atoms with van der Waals surface area (Å²) in [5.41, 5.74) is -0.936. The highest BCUT2D eigenvalue weighted by Crippen LogP contribution is 2.32. The molecule has 3 aromatic heterocycles. The van der Waals surface area contributed by atoms with Crippen LogP contribution < -0.4 is 0 Å². The van der Waals surface area contributed by atoms with E-state index in [-0.39, 0.29) is 17.3 Å². The number of thiophene rings is 1. The highest BCUT2D eigenvalue weighted by molar-refractivity contribution is 7.13. The van der Waals surface area contributed by atoms with E-state index in [1.165, 1.54) is 11.3 Å². The van der Waals surface area contributed by atoms with Gasteiger partial charge in [0.15, 0.2) is 11.5 Å². The molecule has 0 bridgehead atoms. The first kappa shape index (κ1) is 14.4. The lowest BCUT2D eigenvalue weighted by atomic mass is 10.3. The second-order valence-corrected chi connectivity index (χ2v) is 5.26. The van der Waals surface area contributed by atoms with Crippen LogP contribution in [0.25, 0.3) is 16.3 Å². The predicted molar refractivity (Wildman–Crippen MR) is 70.4 cm³/mol. The van der Waals surface area contributed by atoms with Crippen molar-refractivity contribution in [2.75, 3.05) is 0 Å². The summed E-state index contributed by atoms with van der Waals surface area (Å²) in [7, 11) is 0. The maximum absolute atomic E-state index is 13.2. The van der Waals surface area contributed by atoms with Gasteiger partial charge in [0.25, 0.3) is 5.78 Å². The predicted octanol–water partition coefficient (Wildman–Crippen LogP) is 2.50. The molecule has 114 valence electrons. The van der Waals surface area contributed by atoms with Crippen molar-refractivity contribution in [1.29, 1.82) is 0 Å². The lowest BCUT2D eigenvalue weighted by Crippen LogP contribution is -2.14. The van der Waals surface area contributed by atoms with Crippen molar-refractivity contribution in [2.24, 2.45) is 0 Å². The van der Waals surface area contributed by atoms with E-state index in [1.54, 1.807) is 17.5 Å². The highest BCUT2D eigenvalue weighted by atomic mass is 32.1. The lowest BCUT2D eigenvalue weighted by molar-refractivity contribution is -0.142. The summed E-state index contributed by atoms with van der Waals surface area (Å²) in [5.74, 6) is -1.74. The van der Waals surface area contributed by atoms with Gasteiger partial charge in [-0.15, -0.1) is 16.4 Å². The van der Waals surface area contributed by atoms with E-state index in [2.05, 4.69) is 15.1 Å². The zero-order chi connectivity index (χ0) is 15.9. The van der Waals surface area contributed by atoms with Gasteiger partial charge in [-0.3, -0.25) is 4.79 Å². The minimum Gasteiger partial charge on any atom is -0.481 e. The number of carboxylic acid groups (broad SMARTS) is 1. The maximum Gasteiger partial charge on any atom is 0.433 e. The fourth-order valence-electron chi connectivity index (χ4n) is 1.87. The third kappa shape index (κ3) is 2.64. The van der Waals surface area contributed by atoms with Gasteiger partial charge in [0, 0.05) is 0 Å². The normalized spacial score (nSPS) is 12.0. The van der Waals surface area contributed by atoms with Crippen LogP contribution in [0.3, 0.4) is 0 Å². The number of fused-ring (bicyclic) bond motifs is 1. The average molecular weight is 328 g/mol. The average Bonchev–Trinajstić information content (AvgIpc) is 3.03. The van der Waals surface area contributed by atoms with Crippen molar-refractivity contribution < 1.29 is 23.1 Å². The molecule has 0 aliphatic heterocycles. The first-order valence-electron chi connectivity index (χ1n) is 5.94. The Labute approximate surface area is 124 Å². The van der Waals surface area contributed by atoms with Crippen LogP contribution in [0.4, 0.5) is 13.2 Å². The quantitative estimate of drug-likeness (QED) is 0.799. The summed E-state index contributed by atoms with van der Waals surface area (Å²) in [4.78, 5) is 19.0. The molecule has 1 N–H and O–H groups in total. The number of hydrogen-bond acceptors (Lipinski definition) is 5. The molecule has 0 saturated heterocycles. The van der Waals surface area contributed by atoms with Crippen molar-refractivity contribution in [3.8, 4) is 10.6 Å². The Morgan fingerprint density at radius 3 is 2.73 bits per heavy atom. The van der Waals surface area contributed by atoms with Gasteiger partial charge in [-0.2, -0.15) is 22.7 Å². The topological polar surface area (TPSA) is 80.4 Å². The first-order chi connectivity index (χ1) is 10.3. The van der Waals surface area contributed by atoms with E-state index in [4.69, 9.17) is 5.11 Å². The second-order valence-electron chi connectivity index (χ2n) is 4.31. The molecular formula is C12H7F3N4O2S. The molecule has 22 heavy (non-hydrogen) atoms. The Balaban J connectivity index is 2.23. The molecule has 0 saturated carbocycles. The van der Waals surface area contributed by atoms with Crippen LogP contribution in [0.5, 0.6) is 0 Å². The molecule has 6 nitrogen and oxygen atoms in total. The molecule has 0 radical (unpaired) electrons. The Bertz CT molecular complexity index is 842. The molecule has 0 amide bonds. The summed E-state index contributed by atoms with van der Waals surface area (Å²) in [6.45, 7) is 0. The largest absolute Gasteiger partial charge is 0.481 e. The molecule has 0 fully saturated rings. The second kappa shape index (κ2) is 5.05. The van der Waals surface area contributed by atoms with E-state index >= 15 is 0 Å². The van der Waals surface area contributed by atoms with Crippen molar-refractivity contribution in [1.82, 2.24) is 19.6 Å². The van der Waals surface area contributed by atoms with Crippen LogP contribution in [-0.2, 0) is 17.4 Å². The van der Waals surface area contributed by atoms with Gasteiger partial charge >= 0.3 is 12.1 Å². The van der Waals surface area contributed by atoms with Crippen molar-refractivity contribution >= 4 is 23.1 Å². The molecule has 0 unspecified atom stereocenters. The fourth-order valence-corrected chi connectivity index (χ4v) is 2.56. The number of aromatic nitrogens is 4. The molecule has 0 spiro atoms. The van der Waals surface area contributed by atoms with Gasteiger partial charge in [-0.1, -0.05) is 6.07 Å². The molecule has 0 atom stereocenters. The number of hydrogen-bond donors (Lipinski definition) is 1. The van der Waals surface area contributed by atoms with E-state index in [0.717, 1.165) is 6.07 Å². The fraction of sp³-hybridized carbons (Fsp3) is 0.167. The zero-order valence-corrected chi connectivity index (χ0v) is 11.5. The number of carbonyl (C=O) groups is 1. The van der Waals surface area contributed by atoms with Gasteiger partial charge < -0.3 is 5.11 Å². The van der Waals surface area contributed by atoms with Crippen molar-refractivity contribution in [3.63, 3.8) is 0 Å².